The minimum absolute atomic E-state index is 0.0369. The van der Waals surface area contributed by atoms with E-state index in [1.807, 2.05) is 19.1 Å². The molecule has 8 heteroatoms. The molecule has 1 heterocycles. The van der Waals surface area contributed by atoms with Crippen molar-refractivity contribution in [3.63, 3.8) is 0 Å². The van der Waals surface area contributed by atoms with Crippen molar-refractivity contribution in [2.75, 3.05) is 25.8 Å². The highest BCUT2D eigenvalue weighted by molar-refractivity contribution is 7.92. The highest BCUT2D eigenvalue weighted by atomic mass is 32.2. The summed E-state index contributed by atoms with van der Waals surface area (Å²) in [6, 6.07) is 5.45. The Labute approximate surface area is 147 Å². The molecule has 24 heavy (non-hydrogen) atoms. The van der Waals surface area contributed by atoms with E-state index in [4.69, 9.17) is 32.2 Å². The first-order valence-corrected chi connectivity index (χ1v) is 9.99. The molecule has 6 nitrogen and oxygen atoms in total. The molecule has 1 aromatic carbocycles. The number of sulfone groups is 1. The second kappa shape index (κ2) is 6.16. The number of hydrogen-bond donors (Lipinski definition) is 1. The molecule has 0 amide bonds. The van der Waals surface area contributed by atoms with Crippen LogP contribution in [0.3, 0.4) is 0 Å². The van der Waals surface area contributed by atoms with Gasteiger partial charge in [0.15, 0.2) is 21.3 Å². The van der Waals surface area contributed by atoms with Crippen molar-refractivity contribution in [1.29, 1.82) is 0 Å². The summed E-state index contributed by atoms with van der Waals surface area (Å²) < 4.78 is 41.5. The number of nitrogens with two attached hydrogens (primary N) is 1. The van der Waals surface area contributed by atoms with E-state index in [9.17, 15) is 8.42 Å². The zero-order valence-electron chi connectivity index (χ0n) is 13.7. The molecular weight excluding hydrogens is 350 g/mol. The zero-order chi connectivity index (χ0) is 17.5. The average Bonchev–Trinajstić information content (AvgIpc) is 3.04. The van der Waals surface area contributed by atoms with Crippen molar-refractivity contribution in [3.8, 4) is 11.5 Å². The number of fused-ring (bicyclic) bond motifs is 1. The molecular formula is C16H21NO5S2. The number of benzene rings is 1. The lowest BCUT2D eigenvalue weighted by molar-refractivity contribution is 0.121. The monoisotopic (exact) mass is 371 g/mol. The topological polar surface area (TPSA) is 87.8 Å². The number of ether oxygens (including phenoxy) is 3. The summed E-state index contributed by atoms with van der Waals surface area (Å²) in [5.74, 6) is 0.969. The lowest BCUT2D eigenvalue weighted by Gasteiger charge is -2.16. The molecule has 0 saturated heterocycles. The van der Waals surface area contributed by atoms with E-state index >= 15 is 0 Å². The first kappa shape index (κ1) is 17.4. The Bertz CT molecular complexity index is 764. The van der Waals surface area contributed by atoms with Crippen LogP contribution in [0.4, 0.5) is 0 Å². The van der Waals surface area contributed by atoms with Gasteiger partial charge < -0.3 is 19.9 Å². The van der Waals surface area contributed by atoms with Crippen LogP contribution in [0.1, 0.15) is 25.3 Å². The fourth-order valence-corrected chi connectivity index (χ4v) is 5.96. The number of thiocarbonyl (C=S) groups is 1. The number of rotatable bonds is 7. The molecule has 1 saturated carbocycles. The Morgan fingerprint density at radius 1 is 1.38 bits per heavy atom. The fraction of sp³-hybridized carbons (Fsp3) is 0.562. The van der Waals surface area contributed by atoms with Gasteiger partial charge in [0.1, 0.15) is 0 Å². The standard InChI is InChI=1S/C16H21NO5S2/c1-3-20-8-16(15(17)23)13(14(16)24(18,19)4-2)10-5-6-11-12(7-10)22-9-21-11/h5-7,13-14H,3-4,8-9H2,1-2H3,(H2,17,23)/t13-,14-,16+/m1/s1. The Kier molecular flexibility index (Phi) is 4.48. The van der Waals surface area contributed by atoms with Crippen LogP contribution in [0.15, 0.2) is 18.2 Å². The summed E-state index contributed by atoms with van der Waals surface area (Å²) in [7, 11) is -3.34. The van der Waals surface area contributed by atoms with Gasteiger partial charge in [0.2, 0.25) is 6.79 Å². The second-order valence-electron chi connectivity index (χ2n) is 6.00. The van der Waals surface area contributed by atoms with Crippen LogP contribution in [0.25, 0.3) is 0 Å². The predicted octanol–water partition coefficient (Wildman–Crippen LogP) is 1.62. The van der Waals surface area contributed by atoms with Gasteiger partial charge in [-0.3, -0.25) is 0 Å². The molecule has 2 aliphatic rings. The third-order valence-corrected chi connectivity index (χ3v) is 7.46. The average molecular weight is 371 g/mol. The maximum Gasteiger partial charge on any atom is 0.231 e. The molecule has 0 radical (unpaired) electrons. The van der Waals surface area contributed by atoms with Crippen molar-refractivity contribution >= 4 is 27.0 Å². The van der Waals surface area contributed by atoms with Crippen LogP contribution < -0.4 is 15.2 Å². The first-order chi connectivity index (χ1) is 11.4. The zero-order valence-corrected chi connectivity index (χ0v) is 15.3. The van der Waals surface area contributed by atoms with Gasteiger partial charge in [-0.25, -0.2) is 8.42 Å². The molecule has 1 aliphatic heterocycles. The van der Waals surface area contributed by atoms with Crippen LogP contribution >= 0.6 is 12.2 Å². The van der Waals surface area contributed by atoms with E-state index in [0.717, 1.165) is 5.56 Å². The largest absolute Gasteiger partial charge is 0.454 e. The molecule has 132 valence electrons. The molecule has 1 aromatic rings. The number of hydrogen-bond acceptors (Lipinski definition) is 6. The smallest absolute Gasteiger partial charge is 0.231 e. The fourth-order valence-electron chi connectivity index (χ4n) is 3.50. The highest BCUT2D eigenvalue weighted by Gasteiger charge is 2.72. The van der Waals surface area contributed by atoms with Crippen LogP contribution in [-0.2, 0) is 14.6 Å². The molecule has 0 aromatic heterocycles. The quantitative estimate of drug-likeness (QED) is 0.729. The van der Waals surface area contributed by atoms with Gasteiger partial charge in [0, 0.05) is 18.3 Å². The van der Waals surface area contributed by atoms with Gasteiger partial charge >= 0.3 is 0 Å². The van der Waals surface area contributed by atoms with Crippen molar-refractivity contribution in [2.24, 2.45) is 11.1 Å². The Morgan fingerprint density at radius 2 is 2.08 bits per heavy atom. The Hall–Kier alpha value is -1.38. The van der Waals surface area contributed by atoms with E-state index in [1.165, 1.54) is 0 Å². The molecule has 3 rings (SSSR count). The summed E-state index contributed by atoms with van der Waals surface area (Å²) in [4.78, 5) is 0.181. The van der Waals surface area contributed by atoms with E-state index < -0.39 is 20.5 Å². The van der Waals surface area contributed by atoms with Gasteiger partial charge in [-0.05, 0) is 24.6 Å². The van der Waals surface area contributed by atoms with Crippen LogP contribution in [0.5, 0.6) is 11.5 Å². The summed E-state index contributed by atoms with van der Waals surface area (Å²) in [6.07, 6.45) is 0. The van der Waals surface area contributed by atoms with Gasteiger partial charge in [0.25, 0.3) is 0 Å². The van der Waals surface area contributed by atoms with Gasteiger partial charge in [-0.1, -0.05) is 25.2 Å². The lowest BCUT2D eigenvalue weighted by atomic mass is 9.99. The Balaban J connectivity index is 2.04. The minimum Gasteiger partial charge on any atom is -0.454 e. The summed E-state index contributed by atoms with van der Waals surface area (Å²) in [6.45, 7) is 4.32. The van der Waals surface area contributed by atoms with Gasteiger partial charge in [-0.2, -0.15) is 0 Å². The van der Waals surface area contributed by atoms with E-state index in [2.05, 4.69) is 0 Å². The molecule has 2 N–H and O–H groups in total. The molecule has 1 aliphatic carbocycles. The predicted molar refractivity (Wildman–Crippen MR) is 94.3 cm³/mol. The van der Waals surface area contributed by atoms with Crippen LogP contribution in [0, 0.1) is 5.41 Å². The maximum atomic E-state index is 12.6. The molecule has 0 unspecified atom stereocenters. The van der Waals surface area contributed by atoms with Crippen LogP contribution in [-0.4, -0.2) is 44.4 Å². The highest BCUT2D eigenvalue weighted by Crippen LogP contribution is 2.64. The van der Waals surface area contributed by atoms with Gasteiger partial charge in [-0.15, -0.1) is 0 Å². The van der Waals surface area contributed by atoms with Crippen molar-refractivity contribution in [1.82, 2.24) is 0 Å². The van der Waals surface area contributed by atoms with Crippen molar-refractivity contribution < 1.29 is 22.6 Å². The first-order valence-electron chi connectivity index (χ1n) is 7.87. The van der Waals surface area contributed by atoms with E-state index in [0.29, 0.717) is 18.1 Å². The summed E-state index contributed by atoms with van der Waals surface area (Å²) in [5, 5.41) is -0.667. The van der Waals surface area contributed by atoms with Crippen LogP contribution in [0.2, 0.25) is 0 Å². The lowest BCUT2D eigenvalue weighted by Crippen LogP contribution is -2.34. The normalized spacial score (nSPS) is 27.9. The maximum absolute atomic E-state index is 12.6. The Morgan fingerprint density at radius 3 is 2.71 bits per heavy atom. The molecule has 3 atom stereocenters. The molecule has 0 bridgehead atoms. The minimum atomic E-state index is -3.34. The van der Waals surface area contributed by atoms with Crippen molar-refractivity contribution in [2.45, 2.75) is 25.0 Å². The van der Waals surface area contributed by atoms with Gasteiger partial charge in [0.05, 0.1) is 22.3 Å². The summed E-state index contributed by atoms with van der Waals surface area (Å²) >= 11 is 5.26. The van der Waals surface area contributed by atoms with E-state index in [-0.39, 0.29) is 30.1 Å². The summed E-state index contributed by atoms with van der Waals surface area (Å²) in [5.41, 5.74) is 5.95. The SMILES string of the molecule is CCOC[C@]1(C(N)=S)[C@H](c2ccc3c(c2)OCO3)[C@H]1S(=O)(=O)CC. The van der Waals surface area contributed by atoms with Crippen molar-refractivity contribution in [3.05, 3.63) is 23.8 Å². The third kappa shape index (κ3) is 2.57. The molecule has 0 spiro atoms. The third-order valence-electron chi connectivity index (χ3n) is 4.81. The van der Waals surface area contributed by atoms with E-state index in [1.54, 1.807) is 13.0 Å². The molecule has 1 fully saturated rings. The second-order valence-corrected chi connectivity index (χ2v) is 8.86.